The summed E-state index contributed by atoms with van der Waals surface area (Å²) >= 11 is 1.66. The smallest absolute Gasteiger partial charge is 0.227 e. The Morgan fingerprint density at radius 1 is 1.47 bits per heavy atom. The molecule has 2 rings (SSSR count). The van der Waals surface area contributed by atoms with Crippen molar-refractivity contribution in [2.45, 2.75) is 18.2 Å². The Hall–Kier alpha value is -0.960. The van der Waals surface area contributed by atoms with Gasteiger partial charge in [0.05, 0.1) is 5.69 Å². The Morgan fingerprint density at radius 3 is 2.73 bits per heavy atom. The van der Waals surface area contributed by atoms with Gasteiger partial charge >= 0.3 is 0 Å². The summed E-state index contributed by atoms with van der Waals surface area (Å²) in [5.41, 5.74) is 0.939. The molecular formula is C12H15NOS. The van der Waals surface area contributed by atoms with Crippen LogP contribution in [0.4, 0.5) is 5.69 Å². The quantitative estimate of drug-likeness (QED) is 0.795. The topological polar surface area (TPSA) is 29.1 Å². The van der Waals surface area contributed by atoms with Crippen LogP contribution >= 0.6 is 11.8 Å². The molecule has 0 saturated heterocycles. The van der Waals surface area contributed by atoms with E-state index in [1.54, 1.807) is 11.8 Å². The molecule has 1 aliphatic carbocycles. The first kappa shape index (κ1) is 10.6. The normalized spacial score (nSPS) is 23.6. The number of hydrogen-bond donors (Lipinski definition) is 1. The van der Waals surface area contributed by atoms with Gasteiger partial charge in [-0.1, -0.05) is 19.1 Å². The lowest BCUT2D eigenvalue weighted by atomic mass is 10.3. The predicted octanol–water partition coefficient (Wildman–Crippen LogP) is 3.00. The summed E-state index contributed by atoms with van der Waals surface area (Å²) in [6, 6.07) is 7.92. The fraction of sp³-hybridized carbons (Fsp3) is 0.417. The molecular weight excluding hydrogens is 206 g/mol. The van der Waals surface area contributed by atoms with Gasteiger partial charge in [-0.2, -0.15) is 0 Å². The number of benzene rings is 1. The van der Waals surface area contributed by atoms with Crippen LogP contribution in [0.15, 0.2) is 29.2 Å². The van der Waals surface area contributed by atoms with E-state index in [1.807, 2.05) is 30.5 Å². The zero-order valence-corrected chi connectivity index (χ0v) is 9.80. The Kier molecular flexibility index (Phi) is 3.00. The Bertz CT molecular complexity index is 378. The average molecular weight is 221 g/mol. The highest BCUT2D eigenvalue weighted by atomic mass is 32.2. The maximum Gasteiger partial charge on any atom is 0.227 e. The molecule has 15 heavy (non-hydrogen) atoms. The molecule has 1 aromatic carbocycles. The van der Waals surface area contributed by atoms with Crippen molar-refractivity contribution in [1.82, 2.24) is 0 Å². The zero-order valence-electron chi connectivity index (χ0n) is 8.99. The highest BCUT2D eigenvalue weighted by Gasteiger charge is 2.39. The Balaban J connectivity index is 2.06. The van der Waals surface area contributed by atoms with Crippen LogP contribution < -0.4 is 5.32 Å². The van der Waals surface area contributed by atoms with E-state index in [2.05, 4.69) is 12.2 Å². The van der Waals surface area contributed by atoms with Crippen LogP contribution in [0.5, 0.6) is 0 Å². The third kappa shape index (κ3) is 2.34. The molecule has 0 spiro atoms. The van der Waals surface area contributed by atoms with Crippen molar-refractivity contribution in [1.29, 1.82) is 0 Å². The number of hydrogen-bond acceptors (Lipinski definition) is 2. The molecule has 1 saturated carbocycles. The number of anilines is 1. The van der Waals surface area contributed by atoms with E-state index < -0.39 is 0 Å². The second-order valence-electron chi connectivity index (χ2n) is 4.01. The fourth-order valence-corrected chi connectivity index (χ4v) is 2.21. The molecule has 1 aromatic rings. The van der Waals surface area contributed by atoms with Gasteiger partial charge in [-0.25, -0.2) is 0 Å². The van der Waals surface area contributed by atoms with Crippen molar-refractivity contribution in [2.75, 3.05) is 11.6 Å². The van der Waals surface area contributed by atoms with Crippen LogP contribution in [0.25, 0.3) is 0 Å². The van der Waals surface area contributed by atoms with E-state index in [1.165, 1.54) is 0 Å². The number of nitrogens with one attached hydrogen (secondary N) is 1. The molecule has 1 aliphatic rings. The van der Waals surface area contributed by atoms with Crippen molar-refractivity contribution >= 4 is 23.4 Å². The van der Waals surface area contributed by atoms with Crippen LogP contribution in [0.3, 0.4) is 0 Å². The highest BCUT2D eigenvalue weighted by molar-refractivity contribution is 7.98. The lowest BCUT2D eigenvalue weighted by Crippen LogP contribution is -2.14. The molecule has 1 fully saturated rings. The first-order chi connectivity index (χ1) is 7.22. The molecule has 0 aliphatic heterocycles. The lowest BCUT2D eigenvalue weighted by Gasteiger charge is -2.08. The van der Waals surface area contributed by atoms with Gasteiger partial charge < -0.3 is 5.32 Å². The molecule has 1 N–H and O–H groups in total. The number of carbonyl (C=O) groups excluding carboxylic acids is 1. The molecule has 2 atom stereocenters. The second-order valence-corrected chi connectivity index (χ2v) is 4.86. The summed E-state index contributed by atoms with van der Waals surface area (Å²) in [5, 5.41) is 2.99. The van der Waals surface area contributed by atoms with E-state index in [4.69, 9.17) is 0 Å². The number of para-hydroxylation sites is 1. The molecule has 0 aromatic heterocycles. The number of carbonyl (C=O) groups is 1. The van der Waals surface area contributed by atoms with Crippen LogP contribution in [0, 0.1) is 11.8 Å². The van der Waals surface area contributed by atoms with E-state index in [0.29, 0.717) is 5.92 Å². The van der Waals surface area contributed by atoms with E-state index in [-0.39, 0.29) is 11.8 Å². The van der Waals surface area contributed by atoms with Crippen molar-refractivity contribution in [3.8, 4) is 0 Å². The van der Waals surface area contributed by atoms with Gasteiger partial charge in [-0.15, -0.1) is 11.8 Å². The second kappa shape index (κ2) is 4.27. The molecule has 2 unspecified atom stereocenters. The highest BCUT2D eigenvalue weighted by Crippen LogP contribution is 2.39. The summed E-state index contributed by atoms with van der Waals surface area (Å²) < 4.78 is 0. The summed E-state index contributed by atoms with van der Waals surface area (Å²) in [6.07, 6.45) is 3.05. The fourth-order valence-electron chi connectivity index (χ4n) is 1.66. The largest absolute Gasteiger partial charge is 0.325 e. The third-order valence-corrected chi connectivity index (χ3v) is 3.61. The van der Waals surface area contributed by atoms with E-state index in [0.717, 1.165) is 17.0 Å². The van der Waals surface area contributed by atoms with Crippen LogP contribution in [0.2, 0.25) is 0 Å². The van der Waals surface area contributed by atoms with Crippen molar-refractivity contribution in [3.63, 3.8) is 0 Å². The molecule has 0 bridgehead atoms. The summed E-state index contributed by atoms with van der Waals surface area (Å²) in [5.74, 6) is 0.968. The predicted molar refractivity (Wildman–Crippen MR) is 64.1 cm³/mol. The molecule has 0 radical (unpaired) electrons. The number of rotatable bonds is 3. The number of thioether (sulfide) groups is 1. The molecule has 2 nitrogen and oxygen atoms in total. The van der Waals surface area contributed by atoms with Gasteiger partial charge in [0.25, 0.3) is 0 Å². The van der Waals surface area contributed by atoms with Crippen molar-refractivity contribution < 1.29 is 4.79 Å². The Morgan fingerprint density at radius 2 is 2.13 bits per heavy atom. The van der Waals surface area contributed by atoms with Gasteiger partial charge in [0, 0.05) is 10.8 Å². The van der Waals surface area contributed by atoms with Gasteiger partial charge in [0.2, 0.25) is 5.91 Å². The minimum absolute atomic E-state index is 0.170. The number of amides is 1. The SMILES string of the molecule is CSc1ccccc1NC(=O)C1CC1C. The van der Waals surface area contributed by atoms with Gasteiger partial charge in [0.1, 0.15) is 0 Å². The third-order valence-electron chi connectivity index (χ3n) is 2.81. The van der Waals surface area contributed by atoms with Crippen LogP contribution in [-0.2, 0) is 4.79 Å². The lowest BCUT2D eigenvalue weighted by molar-refractivity contribution is -0.117. The molecule has 0 heterocycles. The maximum atomic E-state index is 11.7. The van der Waals surface area contributed by atoms with Crippen molar-refractivity contribution in [3.05, 3.63) is 24.3 Å². The van der Waals surface area contributed by atoms with Gasteiger partial charge in [0.15, 0.2) is 0 Å². The van der Waals surface area contributed by atoms with Crippen LogP contribution in [0.1, 0.15) is 13.3 Å². The minimum Gasteiger partial charge on any atom is -0.325 e. The molecule has 1 amide bonds. The van der Waals surface area contributed by atoms with Crippen molar-refractivity contribution in [2.24, 2.45) is 11.8 Å². The Labute approximate surface area is 94.4 Å². The monoisotopic (exact) mass is 221 g/mol. The maximum absolute atomic E-state index is 11.7. The van der Waals surface area contributed by atoms with Gasteiger partial charge in [-0.3, -0.25) is 4.79 Å². The molecule has 3 heteroatoms. The van der Waals surface area contributed by atoms with E-state index >= 15 is 0 Å². The zero-order chi connectivity index (χ0) is 10.8. The first-order valence-electron chi connectivity index (χ1n) is 5.16. The standard InChI is InChI=1S/C12H15NOS/c1-8-7-9(8)12(14)13-10-5-3-4-6-11(10)15-2/h3-6,8-9H,7H2,1-2H3,(H,13,14). The molecule has 80 valence electrons. The first-order valence-corrected chi connectivity index (χ1v) is 6.38. The van der Waals surface area contributed by atoms with Crippen LogP contribution in [-0.4, -0.2) is 12.2 Å². The summed E-state index contributed by atoms with van der Waals surface area (Å²) in [7, 11) is 0. The van der Waals surface area contributed by atoms with E-state index in [9.17, 15) is 4.79 Å². The minimum atomic E-state index is 0.170. The summed E-state index contributed by atoms with van der Waals surface area (Å²) in [4.78, 5) is 12.9. The average Bonchev–Trinajstić information content (AvgIpc) is 2.96. The van der Waals surface area contributed by atoms with Gasteiger partial charge in [-0.05, 0) is 30.7 Å². The summed E-state index contributed by atoms with van der Waals surface area (Å²) in [6.45, 7) is 2.12.